The zero-order chi connectivity index (χ0) is 35.1. The summed E-state index contributed by atoms with van der Waals surface area (Å²) in [5.74, 6) is 0.785. The third kappa shape index (κ3) is 6.24. The molecule has 6 aromatic rings. The molecule has 0 spiro atoms. The minimum atomic E-state index is 0.489. The predicted molar refractivity (Wildman–Crippen MR) is 200 cm³/mol. The number of hydrogen-bond acceptors (Lipinski definition) is 5. The fourth-order valence-corrected chi connectivity index (χ4v) is 7.39. The molecule has 254 valence electrons. The number of fused-ring (bicyclic) bond motifs is 2. The Morgan fingerprint density at radius 3 is 2.31 bits per heavy atom. The summed E-state index contributed by atoms with van der Waals surface area (Å²) in [6.45, 7) is 9.64. The number of rotatable bonds is 12. The van der Waals surface area contributed by atoms with Crippen LogP contribution in [-0.4, -0.2) is 51.7 Å². The van der Waals surface area contributed by atoms with Crippen molar-refractivity contribution in [3.63, 3.8) is 0 Å². The van der Waals surface area contributed by atoms with Crippen LogP contribution in [0.5, 0.6) is 5.75 Å². The molecule has 10 heteroatoms. The van der Waals surface area contributed by atoms with Crippen molar-refractivity contribution in [2.24, 2.45) is 14.1 Å². The van der Waals surface area contributed by atoms with Crippen molar-refractivity contribution >= 4 is 63.3 Å². The third-order valence-corrected chi connectivity index (χ3v) is 10.6. The number of aromatic nitrogens is 4. The number of hydrogen-bond donors (Lipinski definition) is 0. The van der Waals surface area contributed by atoms with Gasteiger partial charge in [-0.05, 0) is 99.7 Å². The Balaban J connectivity index is 1.38. The predicted octanol–water partition coefficient (Wildman–Crippen LogP) is 8.85. The minimum absolute atomic E-state index is 0.489. The second-order valence-corrected chi connectivity index (χ2v) is 13.6. The Bertz CT molecular complexity index is 2220. The molecule has 0 aliphatic rings. The molecule has 0 N–H and O–H groups in total. The number of aryl methyl sites for hydroxylation is 6. The standard InChI is InChI=1S/C39H41Cl2N5O3/c1-23-17-30(18-24(2)38(23)41)49-16-8-9-31-32-11-12-33(40)37(36-25(3)42-45(7)26(36)4)39(32)46(35(31)22-48)15-14-43(5)28-10-13-34-27(19-28)20-29(21-47)44(34)6/h10-13,17-22H,8-9,14-16H2,1-7H3. The SMILES string of the molecule is Cc1cc(OCCCc2c(C=O)n(CCN(C)c3ccc4c(c3)cc(C=O)n4C)c3c(-c4c(C)nn(C)c4C)c(Cl)ccc23)cc(C)c1Cl. The van der Waals surface area contributed by atoms with Gasteiger partial charge in [0.1, 0.15) is 5.75 Å². The van der Waals surface area contributed by atoms with Gasteiger partial charge in [-0.25, -0.2) is 0 Å². The molecule has 0 aliphatic heterocycles. The summed E-state index contributed by atoms with van der Waals surface area (Å²) in [6.07, 6.45) is 3.21. The maximum atomic E-state index is 13.0. The lowest BCUT2D eigenvalue weighted by Gasteiger charge is -2.21. The highest BCUT2D eigenvalue weighted by atomic mass is 35.5. The van der Waals surface area contributed by atoms with E-state index in [1.807, 2.05) is 94.5 Å². The number of halogens is 2. The van der Waals surface area contributed by atoms with Gasteiger partial charge in [-0.3, -0.25) is 14.3 Å². The largest absolute Gasteiger partial charge is 0.494 e. The smallest absolute Gasteiger partial charge is 0.166 e. The van der Waals surface area contributed by atoms with Gasteiger partial charge in [0.2, 0.25) is 0 Å². The average molecular weight is 699 g/mol. The summed E-state index contributed by atoms with van der Waals surface area (Å²) in [7, 11) is 5.87. The van der Waals surface area contributed by atoms with Crippen LogP contribution in [0.3, 0.4) is 0 Å². The number of likely N-dealkylation sites (N-methyl/N-ethyl adjacent to an activating group) is 1. The molecule has 0 unspecified atom stereocenters. The van der Waals surface area contributed by atoms with E-state index in [1.165, 1.54) is 0 Å². The summed E-state index contributed by atoms with van der Waals surface area (Å²) < 4.78 is 12.0. The molecule has 49 heavy (non-hydrogen) atoms. The molecule has 0 radical (unpaired) electrons. The maximum Gasteiger partial charge on any atom is 0.166 e. The molecule has 8 nitrogen and oxygen atoms in total. The Morgan fingerprint density at radius 1 is 0.918 bits per heavy atom. The van der Waals surface area contributed by atoms with E-state index in [-0.39, 0.29) is 0 Å². The molecule has 0 fully saturated rings. The van der Waals surface area contributed by atoms with Crippen molar-refractivity contribution in [2.45, 2.75) is 47.1 Å². The van der Waals surface area contributed by atoms with Crippen LogP contribution in [0.1, 0.15) is 55.5 Å². The lowest BCUT2D eigenvalue weighted by molar-refractivity contribution is 0.110. The van der Waals surface area contributed by atoms with Crippen molar-refractivity contribution in [3.8, 4) is 16.9 Å². The second-order valence-electron chi connectivity index (χ2n) is 12.9. The van der Waals surface area contributed by atoms with E-state index < -0.39 is 0 Å². The van der Waals surface area contributed by atoms with Gasteiger partial charge in [-0.2, -0.15) is 5.10 Å². The van der Waals surface area contributed by atoms with Gasteiger partial charge < -0.3 is 18.8 Å². The van der Waals surface area contributed by atoms with Crippen molar-refractivity contribution in [3.05, 3.63) is 98.0 Å². The normalized spacial score (nSPS) is 11.5. The molecule has 0 atom stereocenters. The molecule has 6 rings (SSSR count). The zero-order valence-electron chi connectivity index (χ0n) is 29.0. The van der Waals surface area contributed by atoms with E-state index in [1.54, 1.807) is 0 Å². The van der Waals surface area contributed by atoms with Gasteiger partial charge >= 0.3 is 0 Å². The van der Waals surface area contributed by atoms with E-state index >= 15 is 0 Å². The summed E-state index contributed by atoms with van der Waals surface area (Å²) in [4.78, 5) is 26.7. The van der Waals surface area contributed by atoms with Crippen LogP contribution in [0.25, 0.3) is 32.9 Å². The van der Waals surface area contributed by atoms with Gasteiger partial charge in [-0.15, -0.1) is 0 Å². The van der Waals surface area contributed by atoms with Crippen molar-refractivity contribution in [1.82, 2.24) is 18.9 Å². The molecule has 0 amide bonds. The van der Waals surface area contributed by atoms with Crippen molar-refractivity contribution < 1.29 is 14.3 Å². The molecule has 0 saturated carbocycles. The fourth-order valence-electron chi connectivity index (χ4n) is 7.03. The number of benzene rings is 3. The minimum Gasteiger partial charge on any atom is -0.494 e. The van der Waals surface area contributed by atoms with Crippen LogP contribution in [0.4, 0.5) is 5.69 Å². The second kappa shape index (κ2) is 13.8. The highest BCUT2D eigenvalue weighted by Gasteiger charge is 2.25. The Morgan fingerprint density at radius 2 is 1.65 bits per heavy atom. The lowest BCUT2D eigenvalue weighted by atomic mass is 9.98. The number of carbonyl (C=O) groups is 2. The molecule has 3 aromatic carbocycles. The molecular formula is C39H41Cl2N5O3. The molecule has 3 aromatic heterocycles. The monoisotopic (exact) mass is 697 g/mol. The maximum absolute atomic E-state index is 13.0. The van der Waals surface area contributed by atoms with E-state index in [0.717, 1.165) is 90.0 Å². The molecule has 3 heterocycles. The fraction of sp³-hybridized carbons (Fsp3) is 0.308. The van der Waals surface area contributed by atoms with Gasteiger partial charge in [0.25, 0.3) is 0 Å². The highest BCUT2D eigenvalue weighted by Crippen LogP contribution is 2.42. The van der Waals surface area contributed by atoms with Gasteiger partial charge in [0, 0.05) is 78.1 Å². The lowest BCUT2D eigenvalue weighted by Crippen LogP contribution is -2.23. The Hall–Kier alpha value is -4.53. The third-order valence-electron chi connectivity index (χ3n) is 9.73. The first-order valence-electron chi connectivity index (χ1n) is 16.4. The number of nitrogens with zero attached hydrogens (tertiary/aromatic N) is 5. The first kappa shape index (κ1) is 34.3. The summed E-state index contributed by atoms with van der Waals surface area (Å²) >= 11 is 13.4. The molecular weight excluding hydrogens is 657 g/mol. The average Bonchev–Trinajstić information content (AvgIpc) is 3.66. The van der Waals surface area contributed by atoms with Crippen LogP contribution >= 0.6 is 23.2 Å². The van der Waals surface area contributed by atoms with E-state index in [0.29, 0.717) is 48.9 Å². The van der Waals surface area contributed by atoms with Crippen molar-refractivity contribution in [2.75, 3.05) is 25.1 Å². The first-order chi connectivity index (χ1) is 23.4. The number of carbonyl (C=O) groups excluding carboxylic acids is 2. The highest BCUT2D eigenvalue weighted by molar-refractivity contribution is 6.35. The summed E-state index contributed by atoms with van der Waals surface area (Å²) in [5, 5.41) is 8.06. The number of ether oxygens (including phenoxy) is 1. The summed E-state index contributed by atoms with van der Waals surface area (Å²) in [5.41, 5.74) is 10.9. The van der Waals surface area contributed by atoms with Crippen LogP contribution in [0, 0.1) is 27.7 Å². The van der Waals surface area contributed by atoms with Crippen LogP contribution in [0.2, 0.25) is 10.0 Å². The summed E-state index contributed by atoms with van der Waals surface area (Å²) in [6, 6.07) is 16.0. The van der Waals surface area contributed by atoms with E-state index in [2.05, 4.69) is 21.6 Å². The Labute approximate surface area is 296 Å². The van der Waals surface area contributed by atoms with E-state index in [4.69, 9.17) is 33.0 Å². The van der Waals surface area contributed by atoms with Gasteiger partial charge in [0.15, 0.2) is 12.6 Å². The number of anilines is 1. The molecule has 0 aliphatic carbocycles. The van der Waals surface area contributed by atoms with Gasteiger partial charge in [-0.1, -0.05) is 29.3 Å². The Kier molecular flexibility index (Phi) is 9.65. The van der Waals surface area contributed by atoms with Gasteiger partial charge in [0.05, 0.1) is 34.2 Å². The van der Waals surface area contributed by atoms with Crippen LogP contribution in [-0.2, 0) is 27.1 Å². The molecule has 0 bridgehead atoms. The van der Waals surface area contributed by atoms with E-state index in [9.17, 15) is 9.59 Å². The topological polar surface area (TPSA) is 74.3 Å². The quantitative estimate of drug-likeness (QED) is 0.0944. The number of aldehydes is 2. The van der Waals surface area contributed by atoms with Crippen LogP contribution < -0.4 is 9.64 Å². The molecule has 0 saturated heterocycles. The zero-order valence-corrected chi connectivity index (χ0v) is 30.5. The van der Waals surface area contributed by atoms with Crippen molar-refractivity contribution in [1.29, 1.82) is 0 Å². The van der Waals surface area contributed by atoms with Crippen LogP contribution in [0.15, 0.2) is 48.5 Å². The first-order valence-corrected chi connectivity index (χ1v) is 17.1.